The normalized spacial score (nSPS) is 11.1. The number of thiazole rings is 1. The number of halogens is 2. The number of benzene rings is 1. The maximum Gasteiger partial charge on any atom is 0.387 e. The SMILES string of the molecule is Cc1nc(CNC(=O)C=Cc2ccccc2OC(F)F)cs1. The smallest absolute Gasteiger partial charge is 0.387 e. The molecular formula is C15H14F2N2O2S. The second-order valence-corrected chi connectivity index (χ2v) is 5.39. The third-order valence-corrected chi connectivity index (χ3v) is 3.48. The third-order valence-electron chi connectivity index (χ3n) is 2.66. The van der Waals surface area contributed by atoms with E-state index in [1.54, 1.807) is 18.2 Å². The van der Waals surface area contributed by atoms with E-state index in [1.165, 1.54) is 29.6 Å². The molecule has 0 unspecified atom stereocenters. The Morgan fingerprint density at radius 2 is 2.23 bits per heavy atom. The number of carbonyl (C=O) groups is 1. The van der Waals surface area contributed by atoms with E-state index in [0.29, 0.717) is 12.1 Å². The van der Waals surface area contributed by atoms with Gasteiger partial charge in [-0.15, -0.1) is 11.3 Å². The monoisotopic (exact) mass is 324 g/mol. The van der Waals surface area contributed by atoms with Crippen LogP contribution < -0.4 is 10.1 Å². The fraction of sp³-hybridized carbons (Fsp3) is 0.200. The summed E-state index contributed by atoms with van der Waals surface area (Å²) in [4.78, 5) is 15.9. The number of amides is 1. The Balaban J connectivity index is 1.94. The minimum absolute atomic E-state index is 0.0247. The third kappa shape index (κ3) is 4.92. The zero-order valence-corrected chi connectivity index (χ0v) is 12.6. The Morgan fingerprint density at radius 3 is 2.91 bits per heavy atom. The van der Waals surface area contributed by atoms with Crippen LogP contribution in [0.2, 0.25) is 0 Å². The molecule has 0 aliphatic heterocycles. The van der Waals surface area contributed by atoms with Crippen LogP contribution in [-0.4, -0.2) is 17.5 Å². The predicted octanol–water partition coefficient (Wildman–Crippen LogP) is 3.38. The van der Waals surface area contributed by atoms with Crippen LogP contribution in [0.1, 0.15) is 16.3 Å². The summed E-state index contributed by atoms with van der Waals surface area (Å²) in [6, 6.07) is 6.26. The molecule has 1 N–H and O–H groups in total. The zero-order chi connectivity index (χ0) is 15.9. The van der Waals surface area contributed by atoms with E-state index in [4.69, 9.17) is 0 Å². The van der Waals surface area contributed by atoms with E-state index in [2.05, 4.69) is 15.0 Å². The van der Waals surface area contributed by atoms with E-state index in [0.717, 1.165) is 10.7 Å². The van der Waals surface area contributed by atoms with E-state index < -0.39 is 6.61 Å². The highest BCUT2D eigenvalue weighted by Crippen LogP contribution is 2.21. The molecule has 0 aliphatic carbocycles. The molecule has 7 heteroatoms. The largest absolute Gasteiger partial charge is 0.434 e. The Bertz CT molecular complexity index is 671. The van der Waals surface area contributed by atoms with Crippen LogP contribution in [-0.2, 0) is 11.3 Å². The minimum Gasteiger partial charge on any atom is -0.434 e. The number of carbonyl (C=O) groups excluding carboxylic acids is 1. The fourth-order valence-corrected chi connectivity index (χ4v) is 2.33. The Hall–Kier alpha value is -2.28. The van der Waals surface area contributed by atoms with E-state index >= 15 is 0 Å². The van der Waals surface area contributed by atoms with Crippen molar-refractivity contribution >= 4 is 23.3 Å². The molecule has 1 aromatic heterocycles. The number of hydrogen-bond donors (Lipinski definition) is 1. The lowest BCUT2D eigenvalue weighted by molar-refractivity contribution is -0.116. The molecule has 1 heterocycles. The van der Waals surface area contributed by atoms with Crippen molar-refractivity contribution in [2.24, 2.45) is 0 Å². The molecule has 0 bridgehead atoms. The van der Waals surface area contributed by atoms with Gasteiger partial charge in [0.1, 0.15) is 5.75 Å². The molecule has 4 nitrogen and oxygen atoms in total. The second-order valence-electron chi connectivity index (χ2n) is 4.33. The first-order chi connectivity index (χ1) is 10.5. The maximum absolute atomic E-state index is 12.3. The number of nitrogens with zero attached hydrogens (tertiary/aromatic N) is 1. The molecule has 2 aromatic rings. The predicted molar refractivity (Wildman–Crippen MR) is 80.8 cm³/mol. The molecule has 0 aliphatic rings. The number of aryl methyl sites for hydroxylation is 1. The summed E-state index contributed by atoms with van der Waals surface area (Å²) >= 11 is 1.51. The number of hydrogen-bond acceptors (Lipinski definition) is 4. The van der Waals surface area contributed by atoms with Gasteiger partial charge in [0.25, 0.3) is 0 Å². The highest BCUT2D eigenvalue weighted by atomic mass is 32.1. The van der Waals surface area contributed by atoms with Crippen molar-refractivity contribution in [3.63, 3.8) is 0 Å². The molecule has 1 aromatic carbocycles. The van der Waals surface area contributed by atoms with Crippen molar-refractivity contribution in [1.29, 1.82) is 0 Å². The van der Waals surface area contributed by atoms with E-state index in [9.17, 15) is 13.6 Å². The number of alkyl halides is 2. The maximum atomic E-state index is 12.3. The standard InChI is InChI=1S/C15H14F2N2O2S/c1-10-19-12(9-22-10)8-18-14(20)7-6-11-4-2-3-5-13(11)21-15(16)17/h2-7,9,15H,8H2,1H3,(H,18,20). The van der Waals surface area contributed by atoms with Crippen LogP contribution >= 0.6 is 11.3 Å². The van der Waals surface area contributed by atoms with E-state index in [-0.39, 0.29) is 11.7 Å². The summed E-state index contributed by atoms with van der Waals surface area (Å²) < 4.78 is 28.9. The summed E-state index contributed by atoms with van der Waals surface area (Å²) in [7, 11) is 0. The Morgan fingerprint density at radius 1 is 1.45 bits per heavy atom. The van der Waals surface area contributed by atoms with Gasteiger partial charge >= 0.3 is 6.61 Å². The first-order valence-corrected chi connectivity index (χ1v) is 7.33. The molecule has 0 saturated carbocycles. The number of ether oxygens (including phenoxy) is 1. The topological polar surface area (TPSA) is 51.2 Å². The number of para-hydroxylation sites is 1. The van der Waals surface area contributed by atoms with Gasteiger partial charge in [-0.25, -0.2) is 4.98 Å². The van der Waals surface area contributed by atoms with Crippen molar-refractivity contribution in [3.05, 3.63) is 52.0 Å². The van der Waals surface area contributed by atoms with Crippen molar-refractivity contribution < 1.29 is 18.3 Å². The van der Waals surface area contributed by atoms with Crippen molar-refractivity contribution in [2.75, 3.05) is 0 Å². The molecule has 0 fully saturated rings. The minimum atomic E-state index is -2.91. The van der Waals surface area contributed by atoms with Gasteiger partial charge in [0, 0.05) is 17.0 Å². The average Bonchev–Trinajstić information content (AvgIpc) is 2.89. The highest BCUT2D eigenvalue weighted by Gasteiger charge is 2.07. The summed E-state index contributed by atoms with van der Waals surface area (Å²) in [5.41, 5.74) is 1.19. The number of rotatable bonds is 6. The molecule has 0 atom stereocenters. The molecular weight excluding hydrogens is 310 g/mol. The summed E-state index contributed by atoms with van der Waals surface area (Å²) in [5, 5.41) is 5.47. The molecule has 2 rings (SSSR count). The molecule has 0 spiro atoms. The Kier molecular flexibility index (Phi) is 5.60. The van der Waals surface area contributed by atoms with E-state index in [1.807, 2.05) is 12.3 Å². The van der Waals surface area contributed by atoms with Gasteiger partial charge in [-0.2, -0.15) is 8.78 Å². The zero-order valence-electron chi connectivity index (χ0n) is 11.8. The summed E-state index contributed by atoms with van der Waals surface area (Å²) in [5.74, 6) is -0.311. The molecule has 1 amide bonds. The molecule has 116 valence electrons. The van der Waals surface area contributed by atoms with Gasteiger partial charge in [-0.1, -0.05) is 18.2 Å². The molecule has 0 saturated heterocycles. The summed E-state index contributed by atoms with van der Waals surface area (Å²) in [6.45, 7) is -0.699. The number of aromatic nitrogens is 1. The van der Waals surface area contributed by atoms with Gasteiger partial charge in [-0.3, -0.25) is 4.79 Å². The summed E-state index contributed by atoms with van der Waals surface area (Å²) in [6.07, 6.45) is 2.70. The first kappa shape index (κ1) is 16.1. The van der Waals surface area contributed by atoms with Crippen molar-refractivity contribution in [2.45, 2.75) is 20.1 Å². The fourth-order valence-electron chi connectivity index (χ4n) is 1.71. The highest BCUT2D eigenvalue weighted by molar-refractivity contribution is 7.09. The van der Waals surface area contributed by atoms with Crippen LogP contribution in [0.25, 0.3) is 6.08 Å². The lowest BCUT2D eigenvalue weighted by Crippen LogP contribution is -2.20. The van der Waals surface area contributed by atoms with Gasteiger partial charge in [0.15, 0.2) is 0 Å². The molecule has 0 radical (unpaired) electrons. The molecule has 22 heavy (non-hydrogen) atoms. The number of nitrogens with one attached hydrogen (secondary N) is 1. The van der Waals surface area contributed by atoms with Crippen LogP contribution in [0.3, 0.4) is 0 Å². The van der Waals surface area contributed by atoms with Gasteiger partial charge in [0.05, 0.1) is 17.2 Å². The average molecular weight is 324 g/mol. The lowest BCUT2D eigenvalue weighted by Gasteiger charge is -2.07. The first-order valence-electron chi connectivity index (χ1n) is 6.45. The quantitative estimate of drug-likeness (QED) is 0.829. The van der Waals surface area contributed by atoms with Crippen LogP contribution in [0.5, 0.6) is 5.75 Å². The second kappa shape index (κ2) is 7.65. The van der Waals surface area contributed by atoms with Gasteiger partial charge < -0.3 is 10.1 Å². The van der Waals surface area contributed by atoms with Gasteiger partial charge in [-0.05, 0) is 19.1 Å². The lowest BCUT2D eigenvalue weighted by atomic mass is 10.2. The van der Waals surface area contributed by atoms with Crippen LogP contribution in [0.4, 0.5) is 8.78 Å². The Labute approximate surface area is 130 Å². The van der Waals surface area contributed by atoms with Gasteiger partial charge in [0.2, 0.25) is 5.91 Å². The van der Waals surface area contributed by atoms with Crippen molar-refractivity contribution in [3.8, 4) is 5.75 Å². The van der Waals surface area contributed by atoms with Crippen molar-refractivity contribution in [1.82, 2.24) is 10.3 Å². The van der Waals surface area contributed by atoms with Crippen LogP contribution in [0.15, 0.2) is 35.7 Å². The van der Waals surface area contributed by atoms with Crippen LogP contribution in [0, 0.1) is 6.92 Å².